The van der Waals surface area contributed by atoms with E-state index in [4.69, 9.17) is 11.6 Å². The molecule has 1 saturated carbocycles. The second-order valence-corrected chi connectivity index (χ2v) is 6.66. The van der Waals surface area contributed by atoms with Gasteiger partial charge in [-0.15, -0.1) is 0 Å². The van der Waals surface area contributed by atoms with Gasteiger partial charge in [-0.3, -0.25) is 0 Å². The molecule has 1 unspecified atom stereocenters. The second-order valence-electron chi connectivity index (χ2n) is 6.25. The van der Waals surface area contributed by atoms with Gasteiger partial charge in [0.05, 0.1) is 6.10 Å². The van der Waals surface area contributed by atoms with E-state index in [1.807, 2.05) is 0 Å². The van der Waals surface area contributed by atoms with Gasteiger partial charge in [0.15, 0.2) is 0 Å². The largest absolute Gasteiger partial charge is 0.393 e. The SMILES string of the molecule is CCCNC(C)c1ccc(N(C)CC2CC(O)C2)cc1Cl. The van der Waals surface area contributed by atoms with Crippen molar-refractivity contribution in [3.8, 4) is 0 Å². The Balaban J connectivity index is 1.97. The van der Waals surface area contributed by atoms with E-state index in [1.165, 1.54) is 0 Å². The van der Waals surface area contributed by atoms with Crippen LogP contribution in [0.5, 0.6) is 0 Å². The average molecular weight is 311 g/mol. The molecule has 4 heteroatoms. The zero-order valence-corrected chi connectivity index (χ0v) is 14.0. The molecule has 21 heavy (non-hydrogen) atoms. The highest BCUT2D eigenvalue weighted by Crippen LogP contribution is 2.31. The summed E-state index contributed by atoms with van der Waals surface area (Å²) in [4.78, 5) is 2.23. The van der Waals surface area contributed by atoms with Crippen LogP contribution in [0.25, 0.3) is 0 Å². The average Bonchev–Trinajstić information content (AvgIpc) is 2.42. The third kappa shape index (κ3) is 4.35. The van der Waals surface area contributed by atoms with E-state index in [-0.39, 0.29) is 12.1 Å². The van der Waals surface area contributed by atoms with Crippen molar-refractivity contribution in [3.63, 3.8) is 0 Å². The zero-order chi connectivity index (χ0) is 15.4. The molecule has 0 aliphatic heterocycles. The maximum atomic E-state index is 9.37. The number of aliphatic hydroxyl groups is 1. The van der Waals surface area contributed by atoms with Gasteiger partial charge in [-0.2, -0.15) is 0 Å². The van der Waals surface area contributed by atoms with Gasteiger partial charge in [-0.05, 0) is 56.3 Å². The van der Waals surface area contributed by atoms with Gasteiger partial charge in [0.1, 0.15) is 0 Å². The van der Waals surface area contributed by atoms with E-state index in [2.05, 4.69) is 49.3 Å². The van der Waals surface area contributed by atoms with E-state index < -0.39 is 0 Å². The normalized spacial score (nSPS) is 22.7. The van der Waals surface area contributed by atoms with Crippen LogP contribution >= 0.6 is 11.6 Å². The van der Waals surface area contributed by atoms with Gasteiger partial charge in [-0.1, -0.05) is 24.6 Å². The summed E-state index contributed by atoms with van der Waals surface area (Å²) in [7, 11) is 2.09. The summed E-state index contributed by atoms with van der Waals surface area (Å²) in [5.74, 6) is 0.605. The molecule has 2 rings (SSSR count). The van der Waals surface area contributed by atoms with Gasteiger partial charge < -0.3 is 15.3 Å². The van der Waals surface area contributed by atoms with Gasteiger partial charge >= 0.3 is 0 Å². The second kappa shape index (κ2) is 7.48. The topological polar surface area (TPSA) is 35.5 Å². The Morgan fingerprint density at radius 3 is 2.71 bits per heavy atom. The molecular weight excluding hydrogens is 284 g/mol. The molecule has 1 aromatic carbocycles. The quantitative estimate of drug-likeness (QED) is 0.807. The molecule has 0 spiro atoms. The number of nitrogens with zero attached hydrogens (tertiary/aromatic N) is 1. The fourth-order valence-electron chi connectivity index (χ4n) is 2.92. The Kier molecular flexibility index (Phi) is 5.91. The standard InChI is InChI=1S/C17H27ClN2O/c1-4-7-19-12(2)16-6-5-14(10-17(16)18)20(3)11-13-8-15(21)9-13/h5-6,10,12-13,15,19,21H,4,7-9,11H2,1-3H3. The number of rotatable bonds is 7. The van der Waals surface area contributed by atoms with E-state index in [0.717, 1.165) is 48.6 Å². The molecule has 0 radical (unpaired) electrons. The Hall–Kier alpha value is -0.770. The van der Waals surface area contributed by atoms with Crippen LogP contribution in [0.1, 0.15) is 44.7 Å². The van der Waals surface area contributed by atoms with E-state index in [9.17, 15) is 5.11 Å². The number of anilines is 1. The first-order valence-electron chi connectivity index (χ1n) is 7.93. The van der Waals surface area contributed by atoms with Crippen LogP contribution in [-0.4, -0.2) is 31.3 Å². The fourth-order valence-corrected chi connectivity index (χ4v) is 3.26. The highest BCUT2D eigenvalue weighted by atomic mass is 35.5. The molecule has 0 aromatic heterocycles. The fraction of sp³-hybridized carbons (Fsp3) is 0.647. The monoisotopic (exact) mass is 310 g/mol. The summed E-state index contributed by atoms with van der Waals surface area (Å²) in [6.07, 6.45) is 2.89. The first kappa shape index (κ1) is 16.6. The Morgan fingerprint density at radius 1 is 1.43 bits per heavy atom. The lowest BCUT2D eigenvalue weighted by Gasteiger charge is -2.35. The molecular formula is C17H27ClN2O. The molecule has 0 bridgehead atoms. The van der Waals surface area contributed by atoms with Crippen LogP contribution < -0.4 is 10.2 Å². The smallest absolute Gasteiger partial charge is 0.0546 e. The molecule has 1 aliphatic carbocycles. The number of aliphatic hydroxyl groups excluding tert-OH is 1. The molecule has 0 saturated heterocycles. The van der Waals surface area contributed by atoms with Crippen molar-refractivity contribution in [1.29, 1.82) is 0 Å². The van der Waals surface area contributed by atoms with Gasteiger partial charge in [0.25, 0.3) is 0 Å². The lowest BCUT2D eigenvalue weighted by atomic mass is 9.82. The van der Waals surface area contributed by atoms with Crippen molar-refractivity contribution < 1.29 is 5.11 Å². The summed E-state index contributed by atoms with van der Waals surface area (Å²) < 4.78 is 0. The number of halogens is 1. The van der Waals surface area contributed by atoms with Crippen LogP contribution in [0.15, 0.2) is 18.2 Å². The Bertz CT molecular complexity index is 460. The van der Waals surface area contributed by atoms with Crippen molar-refractivity contribution in [2.75, 3.05) is 25.0 Å². The minimum atomic E-state index is -0.0835. The van der Waals surface area contributed by atoms with Gasteiger partial charge in [-0.25, -0.2) is 0 Å². The molecule has 2 N–H and O–H groups in total. The molecule has 0 heterocycles. The Morgan fingerprint density at radius 2 is 2.14 bits per heavy atom. The van der Waals surface area contributed by atoms with E-state index >= 15 is 0 Å². The minimum Gasteiger partial charge on any atom is -0.393 e. The maximum absolute atomic E-state index is 9.37. The van der Waals surface area contributed by atoms with Crippen molar-refractivity contribution in [1.82, 2.24) is 5.32 Å². The minimum absolute atomic E-state index is 0.0835. The summed E-state index contributed by atoms with van der Waals surface area (Å²) in [5.41, 5.74) is 2.30. The molecule has 1 fully saturated rings. The molecule has 3 nitrogen and oxygen atoms in total. The predicted octanol–water partition coefficient (Wildman–Crippen LogP) is 3.61. The lowest BCUT2D eigenvalue weighted by molar-refractivity contribution is 0.0465. The van der Waals surface area contributed by atoms with Gasteiger partial charge in [0.2, 0.25) is 0 Å². The zero-order valence-electron chi connectivity index (χ0n) is 13.3. The molecule has 1 aliphatic rings. The number of hydrogen-bond donors (Lipinski definition) is 2. The predicted molar refractivity (Wildman–Crippen MR) is 90.2 cm³/mol. The Labute approximate surface area is 133 Å². The summed E-state index contributed by atoms with van der Waals surface area (Å²) in [5, 5.41) is 13.7. The van der Waals surface area contributed by atoms with Crippen molar-refractivity contribution >= 4 is 17.3 Å². The number of nitrogens with one attached hydrogen (secondary N) is 1. The van der Waals surface area contributed by atoms with Crippen molar-refractivity contribution in [2.45, 2.75) is 45.3 Å². The molecule has 0 amide bonds. The highest BCUT2D eigenvalue weighted by Gasteiger charge is 2.28. The summed E-state index contributed by atoms with van der Waals surface area (Å²) >= 11 is 6.45. The van der Waals surface area contributed by atoms with E-state index in [1.54, 1.807) is 0 Å². The van der Waals surface area contributed by atoms with E-state index in [0.29, 0.717) is 5.92 Å². The number of benzene rings is 1. The van der Waals surface area contributed by atoms with Crippen LogP contribution in [-0.2, 0) is 0 Å². The van der Waals surface area contributed by atoms with Crippen molar-refractivity contribution in [3.05, 3.63) is 28.8 Å². The molecule has 118 valence electrons. The van der Waals surface area contributed by atoms with Crippen molar-refractivity contribution in [2.24, 2.45) is 5.92 Å². The van der Waals surface area contributed by atoms with Gasteiger partial charge in [0, 0.05) is 30.3 Å². The number of hydrogen-bond acceptors (Lipinski definition) is 3. The van der Waals surface area contributed by atoms with Crippen LogP contribution in [0.3, 0.4) is 0 Å². The van der Waals surface area contributed by atoms with Crippen LogP contribution in [0.4, 0.5) is 5.69 Å². The third-order valence-electron chi connectivity index (χ3n) is 4.33. The summed E-state index contributed by atoms with van der Waals surface area (Å²) in [6.45, 7) is 6.30. The highest BCUT2D eigenvalue weighted by molar-refractivity contribution is 6.31. The van der Waals surface area contributed by atoms with Crippen LogP contribution in [0.2, 0.25) is 5.02 Å². The molecule has 1 atom stereocenters. The third-order valence-corrected chi connectivity index (χ3v) is 4.66. The first-order chi connectivity index (χ1) is 10.0. The lowest BCUT2D eigenvalue weighted by Crippen LogP contribution is -2.37. The first-order valence-corrected chi connectivity index (χ1v) is 8.31. The molecule has 1 aromatic rings. The maximum Gasteiger partial charge on any atom is 0.0546 e. The summed E-state index contributed by atoms with van der Waals surface area (Å²) in [6, 6.07) is 6.59. The van der Waals surface area contributed by atoms with Crippen LogP contribution in [0, 0.1) is 5.92 Å².